The molecular weight excluding hydrogens is 226 g/mol. The smallest absolute Gasteiger partial charge is 0.0751 e. The van der Waals surface area contributed by atoms with Crippen LogP contribution in [0.15, 0.2) is 24.3 Å². The first-order chi connectivity index (χ1) is 8.79. The molecule has 1 saturated heterocycles. The van der Waals surface area contributed by atoms with Crippen LogP contribution >= 0.6 is 0 Å². The summed E-state index contributed by atoms with van der Waals surface area (Å²) in [7, 11) is 1.74. The van der Waals surface area contributed by atoms with Gasteiger partial charge in [0.2, 0.25) is 0 Å². The number of benzene rings is 1. The quantitative estimate of drug-likeness (QED) is 0.841. The third-order valence-corrected chi connectivity index (χ3v) is 3.43. The normalized spacial score (nSPS) is 23.2. The van der Waals surface area contributed by atoms with Crippen LogP contribution in [0.25, 0.3) is 0 Å². The number of rotatable bonds is 6. The molecule has 1 aliphatic rings. The number of ether oxygens (including phenoxy) is 2. The summed E-state index contributed by atoms with van der Waals surface area (Å²) in [5.41, 5.74) is 2.52. The molecular formula is C15H23NO2. The van der Waals surface area contributed by atoms with E-state index in [0.717, 1.165) is 26.0 Å². The van der Waals surface area contributed by atoms with Crippen LogP contribution in [0.2, 0.25) is 0 Å². The van der Waals surface area contributed by atoms with Crippen molar-refractivity contribution in [2.45, 2.75) is 38.4 Å². The maximum Gasteiger partial charge on any atom is 0.0751 e. The molecule has 1 fully saturated rings. The first kappa shape index (κ1) is 13.4. The van der Waals surface area contributed by atoms with Gasteiger partial charge in [0.05, 0.1) is 18.8 Å². The van der Waals surface area contributed by atoms with E-state index in [1.165, 1.54) is 17.7 Å². The van der Waals surface area contributed by atoms with Gasteiger partial charge >= 0.3 is 0 Å². The zero-order chi connectivity index (χ0) is 12.8. The summed E-state index contributed by atoms with van der Waals surface area (Å²) < 4.78 is 11.0. The van der Waals surface area contributed by atoms with Crippen LogP contribution in [0, 0.1) is 0 Å². The van der Waals surface area contributed by atoms with Crippen molar-refractivity contribution in [3.63, 3.8) is 0 Å². The lowest BCUT2D eigenvalue weighted by Gasteiger charge is -2.15. The highest BCUT2D eigenvalue weighted by Gasteiger charge is 2.21. The minimum atomic E-state index is 0.357. The molecule has 0 amide bonds. The van der Waals surface area contributed by atoms with Crippen molar-refractivity contribution < 1.29 is 9.47 Å². The van der Waals surface area contributed by atoms with Gasteiger partial charge in [-0.3, -0.25) is 0 Å². The van der Waals surface area contributed by atoms with Gasteiger partial charge in [0.1, 0.15) is 0 Å². The fourth-order valence-corrected chi connectivity index (χ4v) is 2.38. The lowest BCUT2D eigenvalue weighted by Crippen LogP contribution is -2.20. The molecule has 100 valence electrons. The molecule has 0 bridgehead atoms. The Bertz CT molecular complexity index is 367. The van der Waals surface area contributed by atoms with Gasteiger partial charge in [-0.1, -0.05) is 18.2 Å². The van der Waals surface area contributed by atoms with E-state index in [-0.39, 0.29) is 0 Å². The molecule has 0 radical (unpaired) electrons. The third-order valence-electron chi connectivity index (χ3n) is 3.43. The molecule has 0 spiro atoms. The number of para-hydroxylation sites is 1. The molecule has 1 N–H and O–H groups in total. The van der Waals surface area contributed by atoms with Gasteiger partial charge in [0, 0.05) is 19.3 Å². The van der Waals surface area contributed by atoms with Crippen molar-refractivity contribution in [3.05, 3.63) is 29.8 Å². The molecule has 0 aromatic heterocycles. The predicted molar refractivity (Wildman–Crippen MR) is 74.1 cm³/mol. The van der Waals surface area contributed by atoms with Crippen LogP contribution in [0.4, 0.5) is 5.69 Å². The number of anilines is 1. The molecule has 1 heterocycles. The van der Waals surface area contributed by atoms with E-state index in [0.29, 0.717) is 12.2 Å². The highest BCUT2D eigenvalue weighted by molar-refractivity contribution is 5.51. The minimum absolute atomic E-state index is 0.357. The van der Waals surface area contributed by atoms with Crippen molar-refractivity contribution in [2.24, 2.45) is 0 Å². The standard InChI is InChI=1S/C15H23NO2/c1-12-7-8-14(18-12)11-16-15-6-4-3-5-13(15)9-10-17-2/h3-6,12,14,16H,7-11H2,1-2H3. The second-order valence-corrected chi connectivity index (χ2v) is 4.93. The third kappa shape index (κ3) is 3.72. The van der Waals surface area contributed by atoms with E-state index < -0.39 is 0 Å². The van der Waals surface area contributed by atoms with Gasteiger partial charge in [0.15, 0.2) is 0 Å². The fraction of sp³-hybridized carbons (Fsp3) is 0.600. The maximum atomic E-state index is 5.82. The van der Waals surface area contributed by atoms with Crippen LogP contribution < -0.4 is 5.32 Å². The number of nitrogens with one attached hydrogen (secondary N) is 1. The fourth-order valence-electron chi connectivity index (χ4n) is 2.38. The predicted octanol–water partition coefficient (Wildman–Crippen LogP) is 2.85. The Morgan fingerprint density at radius 2 is 2.17 bits per heavy atom. The molecule has 1 aromatic carbocycles. The second-order valence-electron chi connectivity index (χ2n) is 4.93. The number of hydrogen-bond donors (Lipinski definition) is 1. The molecule has 0 aliphatic carbocycles. The first-order valence-electron chi connectivity index (χ1n) is 6.75. The molecule has 2 rings (SSSR count). The molecule has 1 aliphatic heterocycles. The maximum absolute atomic E-state index is 5.82. The van der Waals surface area contributed by atoms with E-state index in [9.17, 15) is 0 Å². The zero-order valence-corrected chi connectivity index (χ0v) is 11.3. The van der Waals surface area contributed by atoms with E-state index >= 15 is 0 Å². The summed E-state index contributed by atoms with van der Waals surface area (Å²) in [6.45, 7) is 3.80. The summed E-state index contributed by atoms with van der Waals surface area (Å²) in [6, 6.07) is 8.42. The molecule has 1 aromatic rings. The largest absolute Gasteiger partial charge is 0.384 e. The Morgan fingerprint density at radius 1 is 1.33 bits per heavy atom. The molecule has 0 saturated carbocycles. The lowest BCUT2D eigenvalue weighted by atomic mass is 10.1. The Labute approximate surface area is 109 Å². The van der Waals surface area contributed by atoms with Crippen molar-refractivity contribution in [1.82, 2.24) is 0 Å². The average molecular weight is 249 g/mol. The van der Waals surface area contributed by atoms with Gasteiger partial charge in [0.25, 0.3) is 0 Å². The summed E-state index contributed by atoms with van der Waals surface area (Å²) in [6.07, 6.45) is 4.06. The van der Waals surface area contributed by atoms with Crippen LogP contribution in [0.1, 0.15) is 25.3 Å². The average Bonchev–Trinajstić information content (AvgIpc) is 2.81. The van der Waals surface area contributed by atoms with E-state index in [1.54, 1.807) is 7.11 Å². The van der Waals surface area contributed by atoms with Gasteiger partial charge in [-0.15, -0.1) is 0 Å². The first-order valence-corrected chi connectivity index (χ1v) is 6.75. The second kappa shape index (κ2) is 6.76. The summed E-state index contributed by atoms with van der Waals surface area (Å²) in [5.74, 6) is 0. The van der Waals surface area contributed by atoms with E-state index in [1.807, 2.05) is 0 Å². The Morgan fingerprint density at radius 3 is 2.89 bits per heavy atom. The highest BCUT2D eigenvalue weighted by atomic mass is 16.5. The monoisotopic (exact) mass is 249 g/mol. The van der Waals surface area contributed by atoms with Gasteiger partial charge in [-0.25, -0.2) is 0 Å². The summed E-state index contributed by atoms with van der Waals surface area (Å²) in [5, 5.41) is 3.50. The van der Waals surface area contributed by atoms with Crippen molar-refractivity contribution in [1.29, 1.82) is 0 Å². The lowest BCUT2D eigenvalue weighted by molar-refractivity contribution is 0.0637. The van der Waals surface area contributed by atoms with Crippen LogP contribution in [0.3, 0.4) is 0 Å². The molecule has 2 unspecified atom stereocenters. The van der Waals surface area contributed by atoms with Gasteiger partial charge in [-0.05, 0) is 37.8 Å². The minimum Gasteiger partial charge on any atom is -0.384 e. The van der Waals surface area contributed by atoms with E-state index in [4.69, 9.17) is 9.47 Å². The van der Waals surface area contributed by atoms with Gasteiger partial charge in [-0.2, -0.15) is 0 Å². The highest BCUT2D eigenvalue weighted by Crippen LogP contribution is 2.21. The molecule has 3 heteroatoms. The van der Waals surface area contributed by atoms with E-state index in [2.05, 4.69) is 36.5 Å². The number of hydrogen-bond acceptors (Lipinski definition) is 3. The van der Waals surface area contributed by atoms with Gasteiger partial charge < -0.3 is 14.8 Å². The Kier molecular flexibility index (Phi) is 5.02. The van der Waals surface area contributed by atoms with Crippen LogP contribution in [-0.4, -0.2) is 32.5 Å². The number of methoxy groups -OCH3 is 1. The van der Waals surface area contributed by atoms with Crippen LogP contribution in [-0.2, 0) is 15.9 Å². The van der Waals surface area contributed by atoms with Crippen molar-refractivity contribution in [2.75, 3.05) is 25.6 Å². The SMILES string of the molecule is COCCc1ccccc1NCC1CCC(C)O1. The van der Waals surface area contributed by atoms with Crippen molar-refractivity contribution >= 4 is 5.69 Å². The molecule has 3 nitrogen and oxygen atoms in total. The van der Waals surface area contributed by atoms with Crippen molar-refractivity contribution in [3.8, 4) is 0 Å². The topological polar surface area (TPSA) is 30.5 Å². The van der Waals surface area contributed by atoms with Crippen LogP contribution in [0.5, 0.6) is 0 Å². The summed E-state index contributed by atoms with van der Waals surface area (Å²) >= 11 is 0. The molecule has 2 atom stereocenters. The Balaban J connectivity index is 1.88. The summed E-state index contributed by atoms with van der Waals surface area (Å²) in [4.78, 5) is 0. The molecule has 18 heavy (non-hydrogen) atoms. The Hall–Kier alpha value is -1.06. The zero-order valence-electron chi connectivity index (χ0n) is 11.3.